The average Bonchev–Trinajstić information content (AvgIpc) is 4.01. The Balaban J connectivity index is 1.10. The average molecular weight is 894 g/mol. The molecule has 1 aliphatic carbocycles. The van der Waals surface area contributed by atoms with Gasteiger partial charge in [-0.1, -0.05) is 45.9 Å². The van der Waals surface area contributed by atoms with Crippen LogP contribution < -0.4 is 20.9 Å². The van der Waals surface area contributed by atoms with Gasteiger partial charge in [0.1, 0.15) is 30.5 Å². The quantitative estimate of drug-likeness (QED) is 0.0931. The van der Waals surface area contributed by atoms with Gasteiger partial charge in [-0.05, 0) is 24.6 Å². The molecule has 22 nitrogen and oxygen atoms in total. The lowest BCUT2D eigenvalue weighted by molar-refractivity contribution is -0.118. The van der Waals surface area contributed by atoms with E-state index in [0.29, 0.717) is 23.0 Å². The van der Waals surface area contributed by atoms with Crippen molar-refractivity contribution in [2.45, 2.75) is 64.7 Å². The first-order valence-corrected chi connectivity index (χ1v) is 22.7. The van der Waals surface area contributed by atoms with Crippen LogP contribution in [0.4, 0.5) is 11.8 Å². The maximum absolute atomic E-state index is 14.6. The van der Waals surface area contributed by atoms with Crippen molar-refractivity contribution in [3.63, 3.8) is 0 Å². The molecule has 3 fully saturated rings. The van der Waals surface area contributed by atoms with Crippen LogP contribution in [0.1, 0.15) is 56.7 Å². The van der Waals surface area contributed by atoms with E-state index < -0.39 is 90.5 Å². The third-order valence-corrected chi connectivity index (χ3v) is 13.8. The lowest BCUT2D eigenvalue weighted by atomic mass is 10.0. The van der Waals surface area contributed by atoms with E-state index in [0.717, 1.165) is 0 Å². The molecule has 2 aliphatic heterocycles. The van der Waals surface area contributed by atoms with E-state index >= 15 is 0 Å². The minimum absolute atomic E-state index is 0.0366. The number of hydrogen-bond donors (Lipinski definition) is 4. The zero-order valence-electron chi connectivity index (χ0n) is 33.9. The smallest absolute Gasteiger partial charge is 0.349 e. The number of phosphoric ester groups is 1. The standard InChI is InChI=1S/C38H44N11O11PS/c1-20(2)34(50)46-38-45-33-28(36(52)47-38)42-19-49(33)37-30-22(4)27(58-37)17-57-61(53,56-14-12-39-5)59-29-21(3)26(15-24(29)16-43-62(54,55)60-30)48-13-11-25-31(40-18-41-32(25)48)44-35(51)23-9-7-6-8-10-23/h6-11,13,18-22,24,26-27,29-30,37,43H,12,14-17H2,1-4H3,(H,40,41,44,51)(H2,45,46,47,50,52)/t21-,22+,24+,26+,27+,29-,30+,37+,61?/m0/s1. The number of phosphoric acid groups is 1. The largest absolute Gasteiger partial charge is 0.475 e. The van der Waals surface area contributed by atoms with E-state index in [2.05, 4.69) is 45.1 Å². The number of carbonyl (C=O) groups is 2. The molecule has 4 aromatic heterocycles. The van der Waals surface area contributed by atoms with E-state index in [1.807, 2.05) is 11.5 Å². The number of ether oxygens (including phenoxy) is 1. The van der Waals surface area contributed by atoms with E-state index in [9.17, 15) is 27.4 Å². The molecule has 5 aromatic rings. The van der Waals surface area contributed by atoms with Crippen molar-refractivity contribution >= 4 is 63.9 Å². The molecule has 62 heavy (non-hydrogen) atoms. The highest BCUT2D eigenvalue weighted by molar-refractivity contribution is 7.84. The zero-order valence-corrected chi connectivity index (χ0v) is 35.6. The van der Waals surface area contributed by atoms with Crippen molar-refractivity contribution in [1.82, 2.24) is 38.8 Å². The Bertz CT molecular complexity index is 2760. The van der Waals surface area contributed by atoms with Gasteiger partial charge in [0.15, 0.2) is 17.4 Å². The predicted molar refractivity (Wildman–Crippen MR) is 221 cm³/mol. The molecular formula is C38H44N11O11PS. The van der Waals surface area contributed by atoms with Crippen molar-refractivity contribution in [2.24, 2.45) is 23.7 Å². The number of imidazole rings is 1. The molecule has 0 radical (unpaired) electrons. The van der Waals surface area contributed by atoms with Gasteiger partial charge in [-0.25, -0.2) is 30.3 Å². The Morgan fingerprint density at radius 1 is 1.06 bits per heavy atom. The fraction of sp³-hybridized carbons (Fsp3) is 0.474. The van der Waals surface area contributed by atoms with Crippen molar-refractivity contribution in [3.8, 4) is 0 Å². The summed E-state index contributed by atoms with van der Waals surface area (Å²) in [7, 11) is -9.07. The van der Waals surface area contributed by atoms with Gasteiger partial charge >= 0.3 is 18.1 Å². The van der Waals surface area contributed by atoms with Gasteiger partial charge in [-0.15, -0.1) is 0 Å². The van der Waals surface area contributed by atoms with Crippen LogP contribution in [-0.2, 0) is 42.2 Å². The molecule has 2 amide bonds. The van der Waals surface area contributed by atoms with Gasteiger partial charge in [0, 0.05) is 48.0 Å². The monoisotopic (exact) mass is 893 g/mol. The number of hydrogen-bond acceptors (Lipinski definition) is 15. The summed E-state index contributed by atoms with van der Waals surface area (Å²) in [6.07, 6.45) is 0.186. The molecule has 0 spiro atoms. The minimum Gasteiger partial charge on any atom is -0.349 e. The number of amides is 2. The van der Waals surface area contributed by atoms with Crippen LogP contribution in [0, 0.1) is 30.2 Å². The van der Waals surface area contributed by atoms with E-state index in [-0.39, 0.29) is 48.5 Å². The Morgan fingerprint density at radius 2 is 1.85 bits per heavy atom. The Morgan fingerprint density at radius 3 is 2.61 bits per heavy atom. The second kappa shape index (κ2) is 17.4. The molecule has 6 heterocycles. The fourth-order valence-corrected chi connectivity index (χ4v) is 10.5. The molecule has 1 aromatic carbocycles. The topological polar surface area (TPSA) is 266 Å². The second-order valence-corrected chi connectivity index (χ2v) is 18.6. The highest BCUT2D eigenvalue weighted by Gasteiger charge is 2.51. The van der Waals surface area contributed by atoms with Gasteiger partial charge in [0.05, 0.1) is 30.5 Å². The van der Waals surface area contributed by atoms with Crippen LogP contribution in [-0.4, -0.2) is 98.9 Å². The fourth-order valence-electron chi connectivity index (χ4n) is 8.00. The highest BCUT2D eigenvalue weighted by atomic mass is 32.2. The number of aromatic nitrogens is 7. The molecule has 8 rings (SSSR count). The van der Waals surface area contributed by atoms with Crippen molar-refractivity contribution in [1.29, 1.82) is 0 Å². The maximum atomic E-state index is 14.6. The van der Waals surface area contributed by atoms with Gasteiger partial charge in [0.25, 0.3) is 11.5 Å². The SMILES string of the molecule is [C-]#[N+]CCOP1(=O)OC[C@H]2O[C@@H](n3cnc4c(=O)[nH]c(NC(=O)C(C)C)nc43)[C@H](OS(=O)(=O)NC[C@H]3C[C@@H](n4ccc5c(NC(=O)c6ccccc6)ncnc54)[C@H](C)[C@@H]3O1)[C@@H]2C. The molecule has 9 atom stereocenters. The first kappa shape index (κ1) is 43.2. The number of aromatic amines is 1. The lowest BCUT2D eigenvalue weighted by Crippen LogP contribution is -2.39. The molecule has 2 bridgehead atoms. The lowest BCUT2D eigenvalue weighted by Gasteiger charge is -2.29. The van der Waals surface area contributed by atoms with E-state index in [1.165, 1.54) is 17.2 Å². The highest BCUT2D eigenvalue weighted by Crippen LogP contribution is 2.57. The number of H-pyrrole nitrogens is 1. The molecule has 24 heteroatoms. The molecule has 2 saturated heterocycles. The number of nitrogens with one attached hydrogen (secondary N) is 4. The number of rotatable bonds is 9. The minimum atomic E-state index is -4.56. The molecule has 4 N–H and O–H groups in total. The molecule has 1 saturated carbocycles. The first-order valence-electron chi connectivity index (χ1n) is 19.8. The number of nitrogens with zero attached hydrogens (tertiary/aromatic N) is 7. The van der Waals surface area contributed by atoms with Crippen LogP contribution in [0.25, 0.3) is 27.0 Å². The first-order chi connectivity index (χ1) is 29.6. The normalized spacial score (nSPS) is 28.7. The van der Waals surface area contributed by atoms with Gasteiger partial charge in [-0.3, -0.25) is 42.8 Å². The van der Waals surface area contributed by atoms with Crippen LogP contribution >= 0.6 is 7.82 Å². The third-order valence-electron chi connectivity index (χ3n) is 11.3. The van der Waals surface area contributed by atoms with Crippen LogP contribution in [0.3, 0.4) is 0 Å². The van der Waals surface area contributed by atoms with Crippen LogP contribution in [0.2, 0.25) is 0 Å². The van der Waals surface area contributed by atoms with E-state index in [1.54, 1.807) is 63.4 Å². The van der Waals surface area contributed by atoms with Gasteiger partial charge in [-0.2, -0.15) is 18.1 Å². The zero-order chi connectivity index (χ0) is 43.9. The summed E-state index contributed by atoms with van der Waals surface area (Å²) in [5, 5.41) is 5.95. The summed E-state index contributed by atoms with van der Waals surface area (Å²) < 4.78 is 78.4. The molecule has 3 aliphatic rings. The summed E-state index contributed by atoms with van der Waals surface area (Å²) in [6.45, 7) is 13.0. The van der Waals surface area contributed by atoms with E-state index in [4.69, 9.17) is 29.1 Å². The van der Waals surface area contributed by atoms with Crippen molar-refractivity contribution in [3.05, 3.63) is 82.6 Å². The third kappa shape index (κ3) is 8.64. The summed E-state index contributed by atoms with van der Waals surface area (Å²) in [4.78, 5) is 61.7. The number of anilines is 2. The Labute approximate surface area is 354 Å². The van der Waals surface area contributed by atoms with Crippen LogP contribution in [0.15, 0.2) is 60.0 Å². The summed E-state index contributed by atoms with van der Waals surface area (Å²) in [6, 6.07) is 10.0. The Hall–Kier alpha value is -5.44. The van der Waals surface area contributed by atoms with Crippen molar-refractivity contribution in [2.75, 3.05) is 36.9 Å². The summed E-state index contributed by atoms with van der Waals surface area (Å²) in [5.41, 5.74) is 0.104. The van der Waals surface area contributed by atoms with Gasteiger partial charge in [0.2, 0.25) is 18.4 Å². The number of benzene rings is 1. The number of fused-ring (bicyclic) bond motifs is 5. The predicted octanol–water partition coefficient (Wildman–Crippen LogP) is 3.82. The molecular weight excluding hydrogens is 850 g/mol. The summed E-state index contributed by atoms with van der Waals surface area (Å²) >= 11 is 0. The summed E-state index contributed by atoms with van der Waals surface area (Å²) in [5.74, 6) is -2.93. The Kier molecular flexibility index (Phi) is 12.1. The maximum Gasteiger partial charge on any atom is 0.475 e. The van der Waals surface area contributed by atoms with Crippen molar-refractivity contribution < 1.29 is 45.1 Å². The van der Waals surface area contributed by atoms with Crippen LogP contribution in [0.5, 0.6) is 0 Å². The second-order valence-electron chi connectivity index (χ2n) is 15.6. The molecule has 1 unspecified atom stereocenters. The number of carbonyl (C=O) groups excluding carboxylic acids is 2. The van der Waals surface area contributed by atoms with Gasteiger partial charge < -0.3 is 19.5 Å². The molecule has 328 valence electrons.